The number of aliphatic imine (C=N–C) groups is 1. The highest BCUT2D eigenvalue weighted by Gasteiger charge is 2.33. The summed E-state index contributed by atoms with van der Waals surface area (Å²) in [6.45, 7) is 6.72. The van der Waals surface area contributed by atoms with Crippen molar-refractivity contribution < 1.29 is 4.74 Å². The van der Waals surface area contributed by atoms with Crippen molar-refractivity contribution in [2.24, 2.45) is 16.1 Å². The Balaban J connectivity index is 0.00000220. The second kappa shape index (κ2) is 10.2. The molecule has 0 aromatic carbocycles. The number of rotatable bonds is 6. The maximum atomic E-state index is 6.18. The molecule has 0 aromatic rings. The molecular weight excluding hydrogens is 397 g/mol. The van der Waals surface area contributed by atoms with Gasteiger partial charge < -0.3 is 15.4 Å². The quantitative estimate of drug-likeness (QED) is 0.307. The van der Waals surface area contributed by atoms with E-state index in [4.69, 9.17) is 15.5 Å². The lowest BCUT2D eigenvalue weighted by Crippen LogP contribution is -2.43. The molecule has 0 radical (unpaired) electrons. The summed E-state index contributed by atoms with van der Waals surface area (Å²) in [5.74, 6) is 3.10. The largest absolute Gasteiger partial charge is 0.382 e. The molecule has 1 saturated carbocycles. The lowest BCUT2D eigenvalue weighted by atomic mass is 9.83. The zero-order valence-electron chi connectivity index (χ0n) is 13.2. The molecule has 1 saturated heterocycles. The molecule has 0 atom stereocenters. The van der Waals surface area contributed by atoms with E-state index in [1.54, 1.807) is 0 Å². The summed E-state index contributed by atoms with van der Waals surface area (Å²) in [4.78, 5) is 6.97. The van der Waals surface area contributed by atoms with Gasteiger partial charge >= 0.3 is 0 Å². The van der Waals surface area contributed by atoms with Crippen LogP contribution >= 0.6 is 35.7 Å². The van der Waals surface area contributed by atoms with E-state index >= 15 is 0 Å². The molecule has 124 valence electrons. The Bertz CT molecular complexity index is 316. The van der Waals surface area contributed by atoms with E-state index in [9.17, 15) is 0 Å². The summed E-state index contributed by atoms with van der Waals surface area (Å²) in [7, 11) is 0. The molecule has 1 aliphatic carbocycles. The SMILES string of the molecule is CCOCCC1(CN=C(N)N2CCSCC2)CCCC1.I. The molecule has 4 nitrogen and oxygen atoms in total. The van der Waals surface area contributed by atoms with Gasteiger partial charge in [-0.25, -0.2) is 0 Å². The molecule has 1 heterocycles. The van der Waals surface area contributed by atoms with Gasteiger partial charge in [-0.2, -0.15) is 11.8 Å². The van der Waals surface area contributed by atoms with Crippen LogP contribution in [0.1, 0.15) is 39.0 Å². The van der Waals surface area contributed by atoms with Crippen LogP contribution in [0.3, 0.4) is 0 Å². The Hall–Kier alpha value is 0.310. The van der Waals surface area contributed by atoms with Crippen molar-refractivity contribution in [1.82, 2.24) is 4.90 Å². The van der Waals surface area contributed by atoms with Gasteiger partial charge in [-0.05, 0) is 31.6 Å². The first-order valence-corrected chi connectivity index (χ1v) is 9.12. The number of nitrogens with two attached hydrogens (primary N) is 1. The van der Waals surface area contributed by atoms with Gasteiger partial charge in [-0.15, -0.1) is 24.0 Å². The first-order valence-electron chi connectivity index (χ1n) is 7.96. The van der Waals surface area contributed by atoms with E-state index in [-0.39, 0.29) is 24.0 Å². The van der Waals surface area contributed by atoms with Gasteiger partial charge in [-0.3, -0.25) is 4.99 Å². The lowest BCUT2D eigenvalue weighted by Gasteiger charge is -2.30. The normalized spacial score (nSPS) is 22.1. The van der Waals surface area contributed by atoms with Gasteiger partial charge in [0, 0.05) is 44.4 Å². The third-order valence-corrected chi connectivity index (χ3v) is 5.50. The molecular formula is C15H30IN3OS. The van der Waals surface area contributed by atoms with Gasteiger partial charge in [0.05, 0.1) is 0 Å². The van der Waals surface area contributed by atoms with Crippen LogP contribution in [0, 0.1) is 5.41 Å². The number of halogens is 1. The minimum atomic E-state index is 0. The van der Waals surface area contributed by atoms with Crippen LogP contribution in [-0.2, 0) is 4.74 Å². The molecule has 0 amide bonds. The number of thioether (sulfide) groups is 1. The fraction of sp³-hybridized carbons (Fsp3) is 0.933. The molecule has 21 heavy (non-hydrogen) atoms. The fourth-order valence-electron chi connectivity index (χ4n) is 3.19. The Morgan fingerprint density at radius 3 is 2.57 bits per heavy atom. The van der Waals surface area contributed by atoms with Crippen LogP contribution in [0.4, 0.5) is 0 Å². The number of guanidine groups is 1. The second-order valence-electron chi connectivity index (χ2n) is 5.93. The van der Waals surface area contributed by atoms with Crippen LogP contribution in [0.25, 0.3) is 0 Å². The molecule has 1 aliphatic heterocycles. The fourth-order valence-corrected chi connectivity index (χ4v) is 4.09. The van der Waals surface area contributed by atoms with Crippen LogP contribution in [0.2, 0.25) is 0 Å². The van der Waals surface area contributed by atoms with E-state index in [1.165, 1.54) is 37.2 Å². The predicted octanol–water partition coefficient (Wildman–Crippen LogP) is 2.95. The summed E-state index contributed by atoms with van der Waals surface area (Å²) < 4.78 is 5.55. The summed E-state index contributed by atoms with van der Waals surface area (Å²) in [5.41, 5.74) is 6.53. The van der Waals surface area contributed by atoms with Crippen molar-refractivity contribution in [3.8, 4) is 0 Å². The first-order chi connectivity index (χ1) is 9.76. The van der Waals surface area contributed by atoms with Gasteiger partial charge in [0.25, 0.3) is 0 Å². The third-order valence-electron chi connectivity index (χ3n) is 4.56. The molecule has 2 aliphatic rings. The Labute approximate surface area is 150 Å². The third kappa shape index (κ3) is 6.14. The van der Waals surface area contributed by atoms with Crippen LogP contribution in [0.15, 0.2) is 4.99 Å². The lowest BCUT2D eigenvalue weighted by molar-refractivity contribution is 0.107. The maximum absolute atomic E-state index is 6.18. The van der Waals surface area contributed by atoms with Crippen molar-refractivity contribution >= 4 is 41.7 Å². The molecule has 0 aromatic heterocycles. The van der Waals surface area contributed by atoms with Gasteiger partial charge in [0.1, 0.15) is 0 Å². The molecule has 2 rings (SSSR count). The van der Waals surface area contributed by atoms with Crippen molar-refractivity contribution in [2.45, 2.75) is 39.0 Å². The van der Waals surface area contributed by atoms with Crippen molar-refractivity contribution in [3.05, 3.63) is 0 Å². The smallest absolute Gasteiger partial charge is 0.191 e. The number of hydrogen-bond acceptors (Lipinski definition) is 3. The Morgan fingerprint density at radius 2 is 1.95 bits per heavy atom. The molecule has 2 fully saturated rings. The second-order valence-corrected chi connectivity index (χ2v) is 7.15. The minimum Gasteiger partial charge on any atom is -0.382 e. The first kappa shape index (κ1) is 19.4. The summed E-state index contributed by atoms with van der Waals surface area (Å²) >= 11 is 2.00. The average Bonchev–Trinajstić information content (AvgIpc) is 2.95. The van der Waals surface area contributed by atoms with E-state index in [1.807, 2.05) is 11.8 Å². The Morgan fingerprint density at radius 1 is 1.29 bits per heavy atom. The molecule has 6 heteroatoms. The number of nitrogens with zero attached hydrogens (tertiary/aromatic N) is 2. The van der Waals surface area contributed by atoms with Crippen molar-refractivity contribution in [2.75, 3.05) is 44.4 Å². The number of ether oxygens (including phenoxy) is 1. The van der Waals surface area contributed by atoms with Gasteiger partial charge in [0.2, 0.25) is 0 Å². The highest BCUT2D eigenvalue weighted by Crippen LogP contribution is 2.41. The summed E-state index contributed by atoms with van der Waals surface area (Å²) in [5, 5.41) is 0. The van der Waals surface area contributed by atoms with Gasteiger partial charge in [0.15, 0.2) is 5.96 Å². The highest BCUT2D eigenvalue weighted by atomic mass is 127. The van der Waals surface area contributed by atoms with E-state index in [2.05, 4.69) is 11.8 Å². The van der Waals surface area contributed by atoms with Gasteiger partial charge in [-0.1, -0.05) is 12.8 Å². The topological polar surface area (TPSA) is 50.9 Å². The monoisotopic (exact) mass is 427 g/mol. The standard InChI is InChI=1S/C15H29N3OS.HI/c1-2-19-10-7-15(5-3-4-6-15)13-17-14(16)18-8-11-20-12-9-18;/h2-13H2,1H3,(H2,16,17);1H. The van der Waals surface area contributed by atoms with E-state index < -0.39 is 0 Å². The predicted molar refractivity (Wildman–Crippen MR) is 103 cm³/mol. The summed E-state index contributed by atoms with van der Waals surface area (Å²) in [6.07, 6.45) is 6.37. The van der Waals surface area contributed by atoms with Crippen LogP contribution in [0.5, 0.6) is 0 Å². The van der Waals surface area contributed by atoms with Crippen LogP contribution in [-0.4, -0.2) is 55.2 Å². The highest BCUT2D eigenvalue weighted by molar-refractivity contribution is 14.0. The molecule has 0 spiro atoms. The molecule has 2 N–H and O–H groups in total. The molecule has 0 unspecified atom stereocenters. The van der Waals surface area contributed by atoms with Crippen molar-refractivity contribution in [1.29, 1.82) is 0 Å². The van der Waals surface area contributed by atoms with E-state index in [0.717, 1.165) is 45.2 Å². The molecule has 0 bridgehead atoms. The summed E-state index contributed by atoms with van der Waals surface area (Å²) in [6, 6.07) is 0. The average molecular weight is 427 g/mol. The number of hydrogen-bond donors (Lipinski definition) is 1. The van der Waals surface area contributed by atoms with Crippen molar-refractivity contribution in [3.63, 3.8) is 0 Å². The maximum Gasteiger partial charge on any atom is 0.191 e. The van der Waals surface area contributed by atoms with Crippen LogP contribution < -0.4 is 5.73 Å². The Kier molecular flexibility index (Phi) is 9.36. The zero-order chi connectivity index (χ0) is 14.3. The zero-order valence-corrected chi connectivity index (χ0v) is 16.3. The van der Waals surface area contributed by atoms with E-state index in [0.29, 0.717) is 5.41 Å². The minimum absolute atomic E-state index is 0.